The number of hydrogen-bond acceptors (Lipinski definition) is 8. The highest BCUT2D eigenvalue weighted by molar-refractivity contribution is 5.58. The molecule has 0 aliphatic heterocycles. The van der Waals surface area contributed by atoms with Gasteiger partial charge in [0.2, 0.25) is 11.8 Å². The SMILES string of the molecule is CCN(CCOC)c1nc(NN)ncc1[N+](=O)[O-]. The normalized spacial score (nSPS) is 10.2. The molecule has 1 aromatic rings. The van der Waals surface area contributed by atoms with Gasteiger partial charge in [0.15, 0.2) is 0 Å². The van der Waals surface area contributed by atoms with E-state index in [-0.39, 0.29) is 17.5 Å². The maximum absolute atomic E-state index is 10.9. The molecule has 9 heteroatoms. The lowest BCUT2D eigenvalue weighted by Crippen LogP contribution is -2.29. The van der Waals surface area contributed by atoms with Gasteiger partial charge in [-0.2, -0.15) is 4.98 Å². The molecular formula is C9H16N6O3. The number of nitrogens with two attached hydrogens (primary N) is 1. The van der Waals surface area contributed by atoms with Gasteiger partial charge < -0.3 is 9.64 Å². The number of nitrogens with zero attached hydrogens (tertiary/aromatic N) is 4. The Bertz CT molecular complexity index is 413. The first kappa shape index (κ1) is 14.1. The fraction of sp³-hybridized carbons (Fsp3) is 0.556. The molecule has 0 aliphatic carbocycles. The van der Waals surface area contributed by atoms with E-state index in [1.54, 1.807) is 12.0 Å². The molecule has 0 unspecified atom stereocenters. The van der Waals surface area contributed by atoms with Crippen LogP contribution in [0.5, 0.6) is 0 Å². The van der Waals surface area contributed by atoms with Crippen LogP contribution in [0.1, 0.15) is 6.92 Å². The third kappa shape index (κ3) is 3.25. The van der Waals surface area contributed by atoms with E-state index in [0.717, 1.165) is 6.20 Å². The molecule has 18 heavy (non-hydrogen) atoms. The number of aromatic nitrogens is 2. The summed E-state index contributed by atoms with van der Waals surface area (Å²) in [6.45, 7) is 3.37. The van der Waals surface area contributed by atoms with Crippen LogP contribution < -0.4 is 16.2 Å². The second-order valence-corrected chi connectivity index (χ2v) is 3.38. The molecule has 3 N–H and O–H groups in total. The molecule has 9 nitrogen and oxygen atoms in total. The van der Waals surface area contributed by atoms with Gasteiger partial charge in [-0.05, 0) is 6.92 Å². The maximum Gasteiger partial charge on any atom is 0.329 e. The van der Waals surface area contributed by atoms with Crippen molar-refractivity contribution in [1.29, 1.82) is 0 Å². The number of hydrogen-bond donors (Lipinski definition) is 2. The molecule has 1 heterocycles. The van der Waals surface area contributed by atoms with Crippen LogP contribution in [0.15, 0.2) is 6.20 Å². The number of rotatable bonds is 7. The Balaban J connectivity index is 3.11. The van der Waals surface area contributed by atoms with Crippen molar-refractivity contribution >= 4 is 17.5 Å². The minimum absolute atomic E-state index is 0.131. The van der Waals surface area contributed by atoms with Crippen molar-refractivity contribution < 1.29 is 9.66 Å². The van der Waals surface area contributed by atoms with Crippen molar-refractivity contribution in [2.45, 2.75) is 6.92 Å². The predicted molar refractivity (Wildman–Crippen MR) is 66.3 cm³/mol. The fourth-order valence-corrected chi connectivity index (χ4v) is 1.41. The molecule has 0 bridgehead atoms. The summed E-state index contributed by atoms with van der Waals surface area (Å²) in [5.74, 6) is 5.55. The fourth-order valence-electron chi connectivity index (χ4n) is 1.41. The van der Waals surface area contributed by atoms with Crippen molar-refractivity contribution in [2.75, 3.05) is 37.1 Å². The highest BCUT2D eigenvalue weighted by Crippen LogP contribution is 2.25. The van der Waals surface area contributed by atoms with Gasteiger partial charge in [-0.3, -0.25) is 15.5 Å². The monoisotopic (exact) mass is 256 g/mol. The van der Waals surface area contributed by atoms with E-state index >= 15 is 0 Å². The zero-order chi connectivity index (χ0) is 13.5. The van der Waals surface area contributed by atoms with E-state index in [1.807, 2.05) is 6.92 Å². The molecule has 0 saturated carbocycles. The first-order valence-electron chi connectivity index (χ1n) is 5.36. The zero-order valence-electron chi connectivity index (χ0n) is 10.3. The summed E-state index contributed by atoms with van der Waals surface area (Å²) < 4.78 is 4.96. The van der Waals surface area contributed by atoms with E-state index in [9.17, 15) is 10.1 Å². The number of nitrogens with one attached hydrogen (secondary N) is 1. The van der Waals surface area contributed by atoms with Crippen molar-refractivity contribution in [2.24, 2.45) is 5.84 Å². The standard InChI is InChI=1S/C9H16N6O3/c1-3-14(4-5-18-2)8-7(15(16)17)6-11-9(12-8)13-10/h6H,3-5,10H2,1-2H3,(H,11,12,13). The Morgan fingerprint density at radius 2 is 2.39 bits per heavy atom. The van der Waals surface area contributed by atoms with Crippen LogP contribution in [-0.2, 0) is 4.74 Å². The lowest BCUT2D eigenvalue weighted by atomic mass is 10.4. The van der Waals surface area contributed by atoms with Crippen LogP contribution in [0.2, 0.25) is 0 Å². The molecule has 0 aliphatic rings. The number of methoxy groups -OCH3 is 1. The number of nitro groups is 1. The average molecular weight is 256 g/mol. The first-order chi connectivity index (χ1) is 8.63. The van der Waals surface area contributed by atoms with Crippen LogP contribution >= 0.6 is 0 Å². The van der Waals surface area contributed by atoms with E-state index in [4.69, 9.17) is 10.6 Å². The van der Waals surface area contributed by atoms with Crippen LogP contribution in [-0.4, -0.2) is 41.7 Å². The van der Waals surface area contributed by atoms with Gasteiger partial charge in [-0.15, -0.1) is 0 Å². The predicted octanol–water partition coefficient (Wildman–Crippen LogP) is 0.143. The first-order valence-corrected chi connectivity index (χ1v) is 5.36. The summed E-state index contributed by atoms with van der Waals surface area (Å²) in [6.07, 6.45) is 1.13. The van der Waals surface area contributed by atoms with Crippen LogP contribution in [0.4, 0.5) is 17.5 Å². The molecule has 0 amide bonds. The topological polar surface area (TPSA) is 119 Å². The van der Waals surface area contributed by atoms with Crippen LogP contribution in [0, 0.1) is 10.1 Å². The molecule has 0 saturated heterocycles. The van der Waals surface area contributed by atoms with Gasteiger partial charge in [-0.25, -0.2) is 10.8 Å². The maximum atomic E-state index is 10.9. The number of hydrazine groups is 1. The van der Waals surface area contributed by atoms with Crippen molar-refractivity contribution in [1.82, 2.24) is 9.97 Å². The highest BCUT2D eigenvalue weighted by Gasteiger charge is 2.21. The molecule has 100 valence electrons. The molecular weight excluding hydrogens is 240 g/mol. The van der Waals surface area contributed by atoms with Crippen molar-refractivity contribution in [3.05, 3.63) is 16.3 Å². The lowest BCUT2D eigenvalue weighted by molar-refractivity contribution is -0.384. The molecule has 0 spiro atoms. The smallest absolute Gasteiger partial charge is 0.329 e. The largest absolute Gasteiger partial charge is 0.383 e. The summed E-state index contributed by atoms with van der Waals surface area (Å²) in [5, 5.41) is 10.9. The van der Waals surface area contributed by atoms with E-state index in [2.05, 4.69) is 15.4 Å². The minimum Gasteiger partial charge on any atom is -0.383 e. The van der Waals surface area contributed by atoms with Crippen LogP contribution in [0.3, 0.4) is 0 Å². The van der Waals surface area contributed by atoms with Crippen molar-refractivity contribution in [3.63, 3.8) is 0 Å². The highest BCUT2D eigenvalue weighted by atomic mass is 16.6. The number of likely N-dealkylation sites (N-methyl/N-ethyl adjacent to an activating group) is 1. The zero-order valence-corrected chi connectivity index (χ0v) is 10.3. The Kier molecular flexibility index (Phi) is 5.21. The van der Waals surface area contributed by atoms with Gasteiger partial charge >= 0.3 is 5.69 Å². The molecule has 1 aromatic heterocycles. The summed E-state index contributed by atoms with van der Waals surface area (Å²) in [7, 11) is 1.56. The quantitative estimate of drug-likeness (QED) is 0.401. The number of nitrogen functional groups attached to an aromatic ring is 1. The van der Waals surface area contributed by atoms with E-state index in [0.29, 0.717) is 19.7 Å². The summed E-state index contributed by atoms with van der Waals surface area (Å²) >= 11 is 0. The van der Waals surface area contributed by atoms with Gasteiger partial charge in [0, 0.05) is 20.2 Å². The third-order valence-corrected chi connectivity index (χ3v) is 2.32. The van der Waals surface area contributed by atoms with Gasteiger partial charge in [0.25, 0.3) is 0 Å². The lowest BCUT2D eigenvalue weighted by Gasteiger charge is -2.21. The Morgan fingerprint density at radius 3 is 2.89 bits per heavy atom. The Morgan fingerprint density at radius 1 is 1.67 bits per heavy atom. The molecule has 1 rings (SSSR count). The Hall–Kier alpha value is -2.00. The van der Waals surface area contributed by atoms with Gasteiger partial charge in [0.05, 0.1) is 11.5 Å². The van der Waals surface area contributed by atoms with E-state index < -0.39 is 4.92 Å². The second-order valence-electron chi connectivity index (χ2n) is 3.38. The summed E-state index contributed by atoms with van der Waals surface area (Å²) in [4.78, 5) is 19.9. The molecule has 0 radical (unpaired) electrons. The summed E-state index contributed by atoms with van der Waals surface area (Å²) in [5.41, 5.74) is 2.11. The molecule has 0 atom stereocenters. The van der Waals surface area contributed by atoms with Crippen LogP contribution in [0.25, 0.3) is 0 Å². The molecule has 0 fully saturated rings. The number of ether oxygens (including phenoxy) is 1. The van der Waals surface area contributed by atoms with Gasteiger partial charge in [-0.1, -0.05) is 0 Å². The third-order valence-electron chi connectivity index (χ3n) is 2.32. The number of anilines is 2. The minimum atomic E-state index is -0.523. The van der Waals surface area contributed by atoms with Crippen molar-refractivity contribution in [3.8, 4) is 0 Å². The molecule has 0 aromatic carbocycles. The van der Waals surface area contributed by atoms with E-state index in [1.165, 1.54) is 0 Å². The second kappa shape index (κ2) is 6.67. The van der Waals surface area contributed by atoms with Gasteiger partial charge in [0.1, 0.15) is 6.20 Å². The Labute approximate surface area is 104 Å². The average Bonchev–Trinajstić information content (AvgIpc) is 2.39. The summed E-state index contributed by atoms with van der Waals surface area (Å²) in [6, 6.07) is 0.